The zero-order valence-corrected chi connectivity index (χ0v) is 10.3. The lowest BCUT2D eigenvalue weighted by Crippen LogP contribution is -2.34. The van der Waals surface area contributed by atoms with E-state index >= 15 is 0 Å². The number of rotatable bonds is 4. The van der Waals surface area contributed by atoms with Crippen LogP contribution in [0.5, 0.6) is 11.8 Å². The molecule has 1 aromatic heterocycles. The van der Waals surface area contributed by atoms with Crippen LogP contribution in [0.1, 0.15) is 11.8 Å². The molecule has 2 unspecified atom stereocenters. The van der Waals surface area contributed by atoms with Gasteiger partial charge in [0.25, 0.3) is 0 Å². The predicted octanol–water partition coefficient (Wildman–Crippen LogP) is -0.0574. The number of nitrogens with zero attached hydrogens (tertiary/aromatic N) is 2. The van der Waals surface area contributed by atoms with Gasteiger partial charge < -0.3 is 24.1 Å². The largest absolute Gasteiger partial charge is 0.480 e. The van der Waals surface area contributed by atoms with Crippen LogP contribution in [0.2, 0.25) is 0 Å². The van der Waals surface area contributed by atoms with E-state index in [-0.39, 0.29) is 5.88 Å². The Kier molecular flexibility index (Phi) is 4.29. The van der Waals surface area contributed by atoms with Crippen molar-refractivity contribution in [2.24, 2.45) is 0 Å². The molecule has 100 valence electrons. The molecule has 0 bridgehead atoms. The van der Waals surface area contributed by atoms with Crippen LogP contribution in [0.3, 0.4) is 0 Å². The SMILES string of the molecule is COc1cnc(C(O)C2COCCO2)c(OC)n1. The van der Waals surface area contributed by atoms with E-state index < -0.39 is 12.2 Å². The summed E-state index contributed by atoms with van der Waals surface area (Å²) in [5.74, 6) is 0.541. The zero-order valence-electron chi connectivity index (χ0n) is 10.3. The number of hydrogen-bond donors (Lipinski definition) is 1. The van der Waals surface area contributed by atoms with Crippen LogP contribution in [-0.2, 0) is 9.47 Å². The topological polar surface area (TPSA) is 82.9 Å². The summed E-state index contributed by atoms with van der Waals surface area (Å²) < 4.78 is 20.7. The molecular formula is C11H16N2O5. The molecule has 0 aromatic carbocycles. The summed E-state index contributed by atoms with van der Waals surface area (Å²) in [5, 5.41) is 10.2. The van der Waals surface area contributed by atoms with Crippen LogP contribution in [0.4, 0.5) is 0 Å². The summed E-state index contributed by atoms with van der Waals surface area (Å²) in [6.45, 7) is 1.31. The number of aromatic nitrogens is 2. The first-order valence-electron chi connectivity index (χ1n) is 5.58. The van der Waals surface area contributed by atoms with Gasteiger partial charge in [0, 0.05) is 0 Å². The number of methoxy groups -OCH3 is 2. The highest BCUT2D eigenvalue weighted by atomic mass is 16.6. The third-order valence-electron chi connectivity index (χ3n) is 2.62. The Morgan fingerprint density at radius 3 is 2.83 bits per heavy atom. The first kappa shape index (κ1) is 13.0. The Morgan fingerprint density at radius 2 is 2.22 bits per heavy atom. The summed E-state index contributed by atoms with van der Waals surface area (Å²) >= 11 is 0. The van der Waals surface area contributed by atoms with E-state index in [1.54, 1.807) is 0 Å². The molecule has 0 spiro atoms. The molecule has 1 aromatic rings. The summed E-state index contributed by atoms with van der Waals surface area (Å²) in [4.78, 5) is 8.16. The Hall–Kier alpha value is -1.44. The Labute approximate surface area is 105 Å². The molecule has 7 heteroatoms. The average molecular weight is 256 g/mol. The molecule has 2 heterocycles. The van der Waals surface area contributed by atoms with Crippen LogP contribution < -0.4 is 9.47 Å². The molecule has 1 N–H and O–H groups in total. The average Bonchev–Trinajstić information content (AvgIpc) is 2.46. The van der Waals surface area contributed by atoms with Gasteiger partial charge in [-0.25, -0.2) is 4.98 Å². The third kappa shape index (κ3) is 2.69. The fraction of sp³-hybridized carbons (Fsp3) is 0.636. The van der Waals surface area contributed by atoms with Crippen molar-refractivity contribution in [2.45, 2.75) is 12.2 Å². The van der Waals surface area contributed by atoms with Gasteiger partial charge in [-0.15, -0.1) is 0 Å². The van der Waals surface area contributed by atoms with Gasteiger partial charge in [0.1, 0.15) is 17.9 Å². The fourth-order valence-electron chi connectivity index (χ4n) is 1.68. The number of hydrogen-bond acceptors (Lipinski definition) is 7. The van der Waals surface area contributed by atoms with Gasteiger partial charge in [0.2, 0.25) is 11.8 Å². The number of aliphatic hydroxyl groups excluding tert-OH is 1. The molecule has 7 nitrogen and oxygen atoms in total. The molecule has 2 atom stereocenters. The smallest absolute Gasteiger partial charge is 0.241 e. The second kappa shape index (κ2) is 5.94. The van der Waals surface area contributed by atoms with Crippen molar-refractivity contribution in [1.29, 1.82) is 0 Å². The van der Waals surface area contributed by atoms with Gasteiger partial charge in [-0.05, 0) is 0 Å². The maximum atomic E-state index is 10.2. The van der Waals surface area contributed by atoms with E-state index in [0.29, 0.717) is 31.4 Å². The zero-order chi connectivity index (χ0) is 13.0. The van der Waals surface area contributed by atoms with Crippen molar-refractivity contribution in [3.05, 3.63) is 11.9 Å². The normalized spacial score (nSPS) is 21.4. The molecule has 1 aliphatic rings. The third-order valence-corrected chi connectivity index (χ3v) is 2.62. The van der Waals surface area contributed by atoms with Crippen LogP contribution in [0, 0.1) is 0 Å². The number of ether oxygens (including phenoxy) is 4. The minimum atomic E-state index is -0.946. The summed E-state index contributed by atoms with van der Waals surface area (Å²) in [7, 11) is 2.94. The highest BCUT2D eigenvalue weighted by Gasteiger charge is 2.29. The maximum Gasteiger partial charge on any atom is 0.241 e. The van der Waals surface area contributed by atoms with Gasteiger partial charge >= 0.3 is 0 Å². The Morgan fingerprint density at radius 1 is 1.39 bits per heavy atom. The van der Waals surface area contributed by atoms with Gasteiger partial charge in [0.05, 0.1) is 40.2 Å². The number of aliphatic hydroxyl groups is 1. The minimum Gasteiger partial charge on any atom is -0.480 e. The standard InChI is InChI=1S/C11H16N2O5/c1-15-8-5-12-9(11(13-8)16-2)10(14)7-6-17-3-4-18-7/h5,7,10,14H,3-4,6H2,1-2H3. The molecule has 0 radical (unpaired) electrons. The van der Waals surface area contributed by atoms with E-state index in [2.05, 4.69) is 9.97 Å². The van der Waals surface area contributed by atoms with Crippen LogP contribution >= 0.6 is 0 Å². The van der Waals surface area contributed by atoms with Crippen LogP contribution in [0.25, 0.3) is 0 Å². The second-order valence-electron chi connectivity index (χ2n) is 3.74. The van der Waals surface area contributed by atoms with Crippen molar-refractivity contribution in [3.63, 3.8) is 0 Å². The van der Waals surface area contributed by atoms with Gasteiger partial charge in [-0.2, -0.15) is 4.98 Å². The predicted molar refractivity (Wildman–Crippen MR) is 60.7 cm³/mol. The van der Waals surface area contributed by atoms with Gasteiger partial charge in [-0.3, -0.25) is 0 Å². The molecular weight excluding hydrogens is 240 g/mol. The molecule has 2 rings (SSSR count). The van der Waals surface area contributed by atoms with E-state index in [1.807, 2.05) is 0 Å². The molecule has 0 amide bonds. The summed E-state index contributed by atoms with van der Waals surface area (Å²) in [6, 6.07) is 0. The lowest BCUT2D eigenvalue weighted by molar-refractivity contribution is -0.134. The molecule has 1 fully saturated rings. The minimum absolute atomic E-state index is 0.219. The second-order valence-corrected chi connectivity index (χ2v) is 3.74. The molecule has 0 aliphatic carbocycles. The summed E-state index contributed by atoms with van der Waals surface area (Å²) in [6.07, 6.45) is 0.0131. The lowest BCUT2D eigenvalue weighted by atomic mass is 10.1. The van der Waals surface area contributed by atoms with Crippen molar-refractivity contribution in [3.8, 4) is 11.8 Å². The van der Waals surface area contributed by atoms with Crippen molar-refractivity contribution >= 4 is 0 Å². The lowest BCUT2D eigenvalue weighted by Gasteiger charge is -2.27. The Bertz CT molecular complexity index is 395. The van der Waals surface area contributed by atoms with E-state index in [4.69, 9.17) is 18.9 Å². The van der Waals surface area contributed by atoms with E-state index in [9.17, 15) is 5.11 Å². The quantitative estimate of drug-likeness (QED) is 0.808. The Balaban J connectivity index is 2.20. The van der Waals surface area contributed by atoms with Crippen molar-refractivity contribution < 1.29 is 24.1 Å². The molecule has 1 aliphatic heterocycles. The van der Waals surface area contributed by atoms with Crippen LogP contribution in [-0.4, -0.2) is 55.2 Å². The first-order valence-corrected chi connectivity index (χ1v) is 5.58. The van der Waals surface area contributed by atoms with Gasteiger partial charge in [0.15, 0.2) is 0 Å². The van der Waals surface area contributed by atoms with E-state index in [1.165, 1.54) is 20.4 Å². The highest BCUT2D eigenvalue weighted by molar-refractivity contribution is 5.25. The van der Waals surface area contributed by atoms with Gasteiger partial charge in [-0.1, -0.05) is 0 Å². The van der Waals surface area contributed by atoms with E-state index in [0.717, 1.165) is 0 Å². The first-order chi connectivity index (χ1) is 8.76. The maximum absolute atomic E-state index is 10.2. The monoisotopic (exact) mass is 256 g/mol. The molecule has 1 saturated heterocycles. The highest BCUT2D eigenvalue weighted by Crippen LogP contribution is 2.27. The van der Waals surface area contributed by atoms with Crippen molar-refractivity contribution in [1.82, 2.24) is 9.97 Å². The van der Waals surface area contributed by atoms with Crippen molar-refractivity contribution in [2.75, 3.05) is 34.0 Å². The summed E-state index contributed by atoms with van der Waals surface area (Å²) in [5.41, 5.74) is 0.314. The van der Waals surface area contributed by atoms with Crippen LogP contribution in [0.15, 0.2) is 6.20 Å². The molecule has 0 saturated carbocycles. The fourth-order valence-corrected chi connectivity index (χ4v) is 1.68. The molecule has 18 heavy (non-hydrogen) atoms.